The maximum atomic E-state index is 12.1. The van der Waals surface area contributed by atoms with Crippen molar-refractivity contribution in [2.24, 2.45) is 0 Å². The molecule has 0 spiro atoms. The summed E-state index contributed by atoms with van der Waals surface area (Å²) in [7, 11) is 0. The fourth-order valence-electron chi connectivity index (χ4n) is 2.21. The number of hydrogen-bond donors (Lipinski definition) is 0. The number of rotatable bonds is 4. The van der Waals surface area contributed by atoms with Crippen molar-refractivity contribution < 1.29 is 4.79 Å². The second-order valence-corrected chi connectivity index (χ2v) is 6.06. The van der Waals surface area contributed by atoms with Crippen molar-refractivity contribution in [2.75, 3.05) is 0 Å². The lowest BCUT2D eigenvalue weighted by Gasteiger charge is -2.15. The van der Waals surface area contributed by atoms with Crippen LogP contribution in [0.3, 0.4) is 0 Å². The molecular weight excluding hydrogens is 216 g/mol. The topological polar surface area (TPSA) is 17.1 Å². The minimum atomic E-state index is 0.102. The standard InChI is InChI=1S/C14H18OS/c1-11(16-13-9-5-6-10-13)14(15)12-7-3-2-4-8-12/h2-4,7-8,11,13H,5-6,9-10H2,1H3. The Morgan fingerprint density at radius 2 is 1.88 bits per heavy atom. The molecule has 86 valence electrons. The molecule has 1 aliphatic carbocycles. The Balaban J connectivity index is 1.94. The molecule has 0 aliphatic heterocycles. The van der Waals surface area contributed by atoms with Crippen LogP contribution in [0.2, 0.25) is 0 Å². The number of thioether (sulfide) groups is 1. The summed E-state index contributed by atoms with van der Waals surface area (Å²) >= 11 is 1.86. The van der Waals surface area contributed by atoms with Crippen LogP contribution in [0.1, 0.15) is 43.0 Å². The molecule has 0 heterocycles. The average molecular weight is 234 g/mol. The third-order valence-corrected chi connectivity index (χ3v) is 4.60. The van der Waals surface area contributed by atoms with E-state index in [1.54, 1.807) is 0 Å². The Bertz CT molecular complexity index is 341. The van der Waals surface area contributed by atoms with Crippen molar-refractivity contribution in [1.82, 2.24) is 0 Å². The Labute approximate surface area is 102 Å². The first-order chi connectivity index (χ1) is 7.77. The van der Waals surface area contributed by atoms with E-state index in [4.69, 9.17) is 0 Å². The molecule has 0 saturated heterocycles. The van der Waals surface area contributed by atoms with Gasteiger partial charge in [-0.3, -0.25) is 4.79 Å². The summed E-state index contributed by atoms with van der Waals surface area (Å²) < 4.78 is 0. The number of benzene rings is 1. The zero-order chi connectivity index (χ0) is 11.4. The lowest BCUT2D eigenvalue weighted by molar-refractivity contribution is 0.0994. The highest BCUT2D eigenvalue weighted by Gasteiger charge is 2.22. The van der Waals surface area contributed by atoms with Crippen LogP contribution in [0, 0.1) is 0 Å². The van der Waals surface area contributed by atoms with Gasteiger partial charge in [-0.2, -0.15) is 0 Å². The molecular formula is C14H18OS. The minimum absolute atomic E-state index is 0.102. The quantitative estimate of drug-likeness (QED) is 0.734. The molecule has 2 heteroatoms. The Morgan fingerprint density at radius 1 is 1.25 bits per heavy atom. The van der Waals surface area contributed by atoms with Gasteiger partial charge in [0.1, 0.15) is 0 Å². The van der Waals surface area contributed by atoms with Gasteiger partial charge in [0, 0.05) is 10.8 Å². The lowest BCUT2D eigenvalue weighted by Crippen LogP contribution is -2.16. The molecule has 0 aromatic heterocycles. The second-order valence-electron chi connectivity index (χ2n) is 4.42. The van der Waals surface area contributed by atoms with E-state index in [1.807, 2.05) is 49.0 Å². The van der Waals surface area contributed by atoms with E-state index in [-0.39, 0.29) is 11.0 Å². The minimum Gasteiger partial charge on any atom is -0.293 e. The number of carbonyl (C=O) groups excluding carboxylic acids is 1. The van der Waals surface area contributed by atoms with Gasteiger partial charge < -0.3 is 0 Å². The van der Waals surface area contributed by atoms with Gasteiger partial charge in [0.05, 0.1) is 5.25 Å². The molecule has 16 heavy (non-hydrogen) atoms. The van der Waals surface area contributed by atoms with Gasteiger partial charge in [0.2, 0.25) is 0 Å². The van der Waals surface area contributed by atoms with Gasteiger partial charge in [-0.1, -0.05) is 43.2 Å². The third kappa shape index (κ3) is 2.88. The number of ketones is 1. The first-order valence-corrected chi connectivity index (χ1v) is 6.96. The van der Waals surface area contributed by atoms with E-state index < -0.39 is 0 Å². The molecule has 1 aromatic rings. The predicted molar refractivity (Wildman–Crippen MR) is 70.1 cm³/mol. The van der Waals surface area contributed by atoms with Crippen LogP contribution in [0.4, 0.5) is 0 Å². The van der Waals surface area contributed by atoms with Gasteiger partial charge in [-0.05, 0) is 19.8 Å². The van der Waals surface area contributed by atoms with Crippen LogP contribution in [-0.4, -0.2) is 16.3 Å². The van der Waals surface area contributed by atoms with Gasteiger partial charge in [0.25, 0.3) is 0 Å². The molecule has 1 aromatic carbocycles. The van der Waals surface area contributed by atoms with E-state index in [0.717, 1.165) is 5.56 Å². The van der Waals surface area contributed by atoms with Crippen LogP contribution in [0.5, 0.6) is 0 Å². The summed E-state index contributed by atoms with van der Waals surface area (Å²) in [6, 6.07) is 9.63. The molecule has 1 atom stereocenters. The lowest BCUT2D eigenvalue weighted by atomic mass is 10.1. The fraction of sp³-hybridized carbons (Fsp3) is 0.500. The normalized spacial score (nSPS) is 18.6. The predicted octanol–water partition coefficient (Wildman–Crippen LogP) is 3.93. The summed E-state index contributed by atoms with van der Waals surface area (Å²) in [5.41, 5.74) is 0.848. The third-order valence-electron chi connectivity index (χ3n) is 3.13. The zero-order valence-electron chi connectivity index (χ0n) is 9.69. The van der Waals surface area contributed by atoms with Crippen LogP contribution in [0.15, 0.2) is 30.3 Å². The Hall–Kier alpha value is -0.760. The van der Waals surface area contributed by atoms with Crippen molar-refractivity contribution in [1.29, 1.82) is 0 Å². The molecule has 0 N–H and O–H groups in total. The van der Waals surface area contributed by atoms with Crippen molar-refractivity contribution in [2.45, 2.75) is 43.1 Å². The van der Waals surface area contributed by atoms with E-state index in [9.17, 15) is 4.79 Å². The van der Waals surface area contributed by atoms with Crippen molar-refractivity contribution in [3.8, 4) is 0 Å². The molecule has 1 nitrogen and oxygen atoms in total. The number of Topliss-reactive ketones (excluding diaryl/α,β-unsaturated/α-hetero) is 1. The number of carbonyl (C=O) groups is 1. The number of hydrogen-bond acceptors (Lipinski definition) is 2. The van der Waals surface area contributed by atoms with E-state index in [1.165, 1.54) is 25.7 Å². The molecule has 0 bridgehead atoms. The van der Waals surface area contributed by atoms with E-state index in [2.05, 4.69) is 0 Å². The highest BCUT2D eigenvalue weighted by atomic mass is 32.2. The van der Waals surface area contributed by atoms with Gasteiger partial charge >= 0.3 is 0 Å². The first-order valence-electron chi connectivity index (χ1n) is 6.02. The highest BCUT2D eigenvalue weighted by Crippen LogP contribution is 2.33. The molecule has 1 fully saturated rings. The zero-order valence-corrected chi connectivity index (χ0v) is 10.5. The molecule has 0 radical (unpaired) electrons. The van der Waals surface area contributed by atoms with Crippen LogP contribution in [0.25, 0.3) is 0 Å². The summed E-state index contributed by atoms with van der Waals surface area (Å²) in [6.45, 7) is 2.04. The molecule has 1 unspecified atom stereocenters. The smallest absolute Gasteiger partial charge is 0.175 e. The Kier molecular flexibility index (Phi) is 4.05. The Morgan fingerprint density at radius 3 is 2.50 bits per heavy atom. The molecule has 1 saturated carbocycles. The monoisotopic (exact) mass is 234 g/mol. The van der Waals surface area contributed by atoms with Crippen LogP contribution < -0.4 is 0 Å². The van der Waals surface area contributed by atoms with Gasteiger partial charge in [-0.15, -0.1) is 11.8 Å². The highest BCUT2D eigenvalue weighted by molar-refractivity contribution is 8.01. The van der Waals surface area contributed by atoms with E-state index >= 15 is 0 Å². The van der Waals surface area contributed by atoms with Gasteiger partial charge in [0.15, 0.2) is 5.78 Å². The maximum Gasteiger partial charge on any atom is 0.175 e. The summed E-state index contributed by atoms with van der Waals surface area (Å²) in [5.74, 6) is 0.275. The van der Waals surface area contributed by atoms with Crippen molar-refractivity contribution in [3.63, 3.8) is 0 Å². The average Bonchev–Trinajstić information content (AvgIpc) is 2.82. The van der Waals surface area contributed by atoms with Crippen molar-refractivity contribution in [3.05, 3.63) is 35.9 Å². The first kappa shape index (κ1) is 11.7. The molecule has 0 amide bonds. The molecule has 2 rings (SSSR count). The van der Waals surface area contributed by atoms with Crippen molar-refractivity contribution >= 4 is 17.5 Å². The van der Waals surface area contributed by atoms with Crippen LogP contribution in [-0.2, 0) is 0 Å². The largest absolute Gasteiger partial charge is 0.293 e. The van der Waals surface area contributed by atoms with E-state index in [0.29, 0.717) is 5.25 Å². The van der Waals surface area contributed by atoms with Gasteiger partial charge in [-0.25, -0.2) is 0 Å². The molecule has 1 aliphatic rings. The summed E-state index contributed by atoms with van der Waals surface area (Å²) in [4.78, 5) is 12.1. The SMILES string of the molecule is CC(SC1CCCC1)C(=O)c1ccccc1. The maximum absolute atomic E-state index is 12.1. The summed E-state index contributed by atoms with van der Waals surface area (Å²) in [5, 5.41) is 0.813. The van der Waals surface area contributed by atoms with Crippen LogP contribution >= 0.6 is 11.8 Å². The second kappa shape index (κ2) is 5.53. The summed E-state index contributed by atoms with van der Waals surface area (Å²) in [6.07, 6.45) is 5.25. The fourth-order valence-corrected chi connectivity index (χ4v) is 3.65.